The molecule has 0 amide bonds. The smallest absolute Gasteiger partial charge is 0.232 e. The third-order valence-corrected chi connectivity index (χ3v) is 4.00. The van der Waals surface area contributed by atoms with Crippen molar-refractivity contribution in [2.24, 2.45) is 5.92 Å². The summed E-state index contributed by atoms with van der Waals surface area (Å²) in [6.45, 7) is 5.48. The van der Waals surface area contributed by atoms with E-state index < -0.39 is 0 Å². The summed E-state index contributed by atoms with van der Waals surface area (Å²) in [7, 11) is 3.85. The Bertz CT molecular complexity index is 453. The molecular weight excluding hydrogens is 264 g/mol. The van der Waals surface area contributed by atoms with Crippen LogP contribution >= 0.6 is 0 Å². The van der Waals surface area contributed by atoms with Crippen molar-refractivity contribution in [3.8, 4) is 0 Å². The molecule has 1 fully saturated rings. The fourth-order valence-corrected chi connectivity index (χ4v) is 2.76. The fraction of sp³-hybridized carbons (Fsp3) is 0.800. The van der Waals surface area contributed by atoms with Gasteiger partial charge in [-0.1, -0.05) is 26.7 Å². The van der Waals surface area contributed by atoms with Gasteiger partial charge in [0.1, 0.15) is 0 Å². The van der Waals surface area contributed by atoms with Gasteiger partial charge in [-0.2, -0.15) is 15.0 Å². The van der Waals surface area contributed by atoms with E-state index in [1.54, 1.807) is 0 Å². The topological polar surface area (TPSA) is 71.2 Å². The van der Waals surface area contributed by atoms with Crippen LogP contribution in [0, 0.1) is 5.92 Å². The van der Waals surface area contributed by atoms with Gasteiger partial charge in [-0.3, -0.25) is 0 Å². The largest absolute Gasteiger partial charge is 0.368 e. The van der Waals surface area contributed by atoms with Crippen molar-refractivity contribution in [2.75, 3.05) is 36.2 Å². The Morgan fingerprint density at radius 3 is 2.29 bits per heavy atom. The van der Waals surface area contributed by atoms with Crippen molar-refractivity contribution in [3.05, 3.63) is 0 Å². The summed E-state index contributed by atoms with van der Waals surface area (Å²) in [6.07, 6.45) is 6.18. The van der Waals surface area contributed by atoms with Gasteiger partial charge in [-0.15, -0.1) is 0 Å². The van der Waals surface area contributed by atoms with E-state index in [2.05, 4.69) is 33.7 Å². The van der Waals surface area contributed by atoms with Gasteiger partial charge in [0.25, 0.3) is 0 Å². The lowest BCUT2D eigenvalue weighted by molar-refractivity contribution is 0.520. The van der Waals surface area contributed by atoms with Crippen LogP contribution in [0.2, 0.25) is 0 Å². The Morgan fingerprint density at radius 2 is 1.71 bits per heavy atom. The SMILES string of the molecule is CC(C)CCN(c1nc(N)nc(N(C)C)n1)C1CCCC1. The third-order valence-electron chi connectivity index (χ3n) is 4.00. The second-order valence-corrected chi connectivity index (χ2v) is 6.50. The zero-order valence-electron chi connectivity index (χ0n) is 13.7. The zero-order valence-corrected chi connectivity index (χ0v) is 13.7. The summed E-state index contributed by atoms with van der Waals surface area (Å²) in [5.74, 6) is 2.33. The van der Waals surface area contributed by atoms with E-state index in [0.29, 0.717) is 23.9 Å². The molecule has 1 aromatic rings. The molecule has 2 rings (SSSR count). The van der Waals surface area contributed by atoms with Crippen molar-refractivity contribution in [3.63, 3.8) is 0 Å². The molecule has 1 aliphatic rings. The van der Waals surface area contributed by atoms with Crippen molar-refractivity contribution in [1.82, 2.24) is 15.0 Å². The van der Waals surface area contributed by atoms with Crippen LogP contribution in [0.5, 0.6) is 0 Å². The molecule has 0 spiro atoms. The Kier molecular flexibility index (Phi) is 5.20. The summed E-state index contributed by atoms with van der Waals surface area (Å²) in [4.78, 5) is 17.4. The molecule has 0 atom stereocenters. The van der Waals surface area contributed by atoms with Crippen LogP contribution in [-0.2, 0) is 0 Å². The summed E-state index contributed by atoms with van der Waals surface area (Å²) in [5.41, 5.74) is 5.87. The number of rotatable bonds is 6. The average Bonchev–Trinajstić information content (AvgIpc) is 2.92. The quantitative estimate of drug-likeness (QED) is 0.867. The van der Waals surface area contributed by atoms with Crippen LogP contribution in [0.25, 0.3) is 0 Å². The van der Waals surface area contributed by atoms with E-state index in [4.69, 9.17) is 5.73 Å². The first-order valence-corrected chi connectivity index (χ1v) is 7.93. The van der Waals surface area contributed by atoms with Crippen molar-refractivity contribution in [1.29, 1.82) is 0 Å². The van der Waals surface area contributed by atoms with Crippen molar-refractivity contribution < 1.29 is 0 Å². The number of aromatic nitrogens is 3. The van der Waals surface area contributed by atoms with Crippen LogP contribution in [-0.4, -0.2) is 41.6 Å². The van der Waals surface area contributed by atoms with E-state index >= 15 is 0 Å². The van der Waals surface area contributed by atoms with Gasteiger partial charge >= 0.3 is 0 Å². The Hall–Kier alpha value is -1.59. The van der Waals surface area contributed by atoms with Crippen LogP contribution < -0.4 is 15.5 Å². The van der Waals surface area contributed by atoms with Crippen molar-refractivity contribution >= 4 is 17.8 Å². The van der Waals surface area contributed by atoms with E-state index in [-0.39, 0.29) is 0 Å². The van der Waals surface area contributed by atoms with E-state index in [1.165, 1.54) is 25.7 Å². The molecule has 118 valence electrons. The van der Waals surface area contributed by atoms with Crippen LogP contribution in [0.4, 0.5) is 17.8 Å². The lowest BCUT2D eigenvalue weighted by atomic mass is 10.1. The van der Waals surface area contributed by atoms with Gasteiger partial charge in [-0.25, -0.2) is 0 Å². The molecule has 2 N–H and O–H groups in total. The minimum absolute atomic E-state index is 0.302. The predicted octanol–water partition coefficient (Wildman–Crippen LogP) is 2.31. The maximum absolute atomic E-state index is 5.87. The molecule has 0 unspecified atom stereocenters. The minimum Gasteiger partial charge on any atom is -0.368 e. The first kappa shape index (κ1) is 15.8. The molecule has 1 saturated carbocycles. The number of nitrogens with two attached hydrogens (primary N) is 1. The number of nitrogens with zero attached hydrogens (tertiary/aromatic N) is 5. The Balaban J connectivity index is 2.26. The molecule has 0 bridgehead atoms. The number of nitrogen functional groups attached to an aromatic ring is 1. The maximum atomic E-state index is 5.87. The highest BCUT2D eigenvalue weighted by Gasteiger charge is 2.25. The summed E-state index contributed by atoms with van der Waals surface area (Å²) >= 11 is 0. The van der Waals surface area contributed by atoms with Gasteiger partial charge in [-0.05, 0) is 25.2 Å². The molecule has 0 radical (unpaired) electrons. The van der Waals surface area contributed by atoms with E-state index in [9.17, 15) is 0 Å². The summed E-state index contributed by atoms with van der Waals surface area (Å²) in [6, 6.07) is 0.542. The second kappa shape index (κ2) is 6.91. The number of hydrogen-bond donors (Lipinski definition) is 1. The van der Waals surface area contributed by atoms with Crippen LogP contribution in [0.15, 0.2) is 0 Å². The fourth-order valence-electron chi connectivity index (χ4n) is 2.76. The lowest BCUT2D eigenvalue weighted by Gasteiger charge is -2.30. The van der Waals surface area contributed by atoms with Gasteiger partial charge < -0.3 is 15.5 Å². The molecule has 6 nitrogen and oxygen atoms in total. The summed E-state index contributed by atoms with van der Waals surface area (Å²) in [5, 5.41) is 0. The highest BCUT2D eigenvalue weighted by atomic mass is 15.3. The molecular formula is C15H28N6. The zero-order chi connectivity index (χ0) is 15.4. The lowest BCUT2D eigenvalue weighted by Crippen LogP contribution is -2.36. The number of anilines is 3. The second-order valence-electron chi connectivity index (χ2n) is 6.50. The van der Waals surface area contributed by atoms with Crippen LogP contribution in [0.1, 0.15) is 46.0 Å². The van der Waals surface area contributed by atoms with E-state index in [0.717, 1.165) is 18.9 Å². The minimum atomic E-state index is 0.302. The van der Waals surface area contributed by atoms with Gasteiger partial charge in [0.2, 0.25) is 17.8 Å². The molecule has 1 aliphatic carbocycles. The van der Waals surface area contributed by atoms with Gasteiger partial charge in [0, 0.05) is 26.7 Å². The molecule has 0 aliphatic heterocycles. The average molecular weight is 292 g/mol. The van der Waals surface area contributed by atoms with Gasteiger partial charge in [0.15, 0.2) is 0 Å². The highest BCUT2D eigenvalue weighted by Crippen LogP contribution is 2.27. The molecule has 0 saturated heterocycles. The molecule has 1 heterocycles. The van der Waals surface area contributed by atoms with Crippen molar-refractivity contribution in [2.45, 2.75) is 52.0 Å². The molecule has 21 heavy (non-hydrogen) atoms. The molecule has 6 heteroatoms. The monoisotopic (exact) mass is 292 g/mol. The summed E-state index contributed by atoms with van der Waals surface area (Å²) < 4.78 is 0. The first-order chi connectivity index (χ1) is 9.97. The normalized spacial score (nSPS) is 15.7. The highest BCUT2D eigenvalue weighted by molar-refractivity contribution is 5.43. The first-order valence-electron chi connectivity index (χ1n) is 7.93. The Morgan fingerprint density at radius 1 is 1.10 bits per heavy atom. The number of hydrogen-bond acceptors (Lipinski definition) is 6. The Labute approximate surface area is 127 Å². The third kappa shape index (κ3) is 4.19. The predicted molar refractivity (Wildman–Crippen MR) is 87.6 cm³/mol. The van der Waals surface area contributed by atoms with Gasteiger partial charge in [0.05, 0.1) is 0 Å². The van der Waals surface area contributed by atoms with E-state index in [1.807, 2.05) is 19.0 Å². The molecule has 1 aromatic heterocycles. The maximum Gasteiger partial charge on any atom is 0.232 e. The standard InChI is InChI=1S/C15H28N6/c1-11(2)9-10-21(12-7-5-6-8-12)15-18-13(16)17-14(19-15)20(3)4/h11-12H,5-10H2,1-4H3,(H2,16,17,18,19). The van der Waals surface area contributed by atoms with Crippen LogP contribution in [0.3, 0.4) is 0 Å². The molecule has 0 aromatic carbocycles.